The number of pyridine rings is 1. The van der Waals surface area contributed by atoms with Gasteiger partial charge in [0.05, 0.1) is 6.20 Å². The number of nitrogens with zero attached hydrogens (tertiary/aromatic N) is 4. The van der Waals surface area contributed by atoms with Crippen molar-refractivity contribution in [3.8, 4) is 5.82 Å². The van der Waals surface area contributed by atoms with E-state index >= 15 is 0 Å². The quantitative estimate of drug-likeness (QED) is 0.557. The highest BCUT2D eigenvalue weighted by molar-refractivity contribution is 5.30. The molecule has 1 aliphatic rings. The van der Waals surface area contributed by atoms with Crippen molar-refractivity contribution in [2.75, 3.05) is 0 Å². The summed E-state index contributed by atoms with van der Waals surface area (Å²) in [4.78, 5) is 25.1. The summed E-state index contributed by atoms with van der Waals surface area (Å²) in [5.41, 5.74) is 0.544. The Kier molecular flexibility index (Phi) is 3.19. The molecule has 0 spiro atoms. The molecule has 0 N–H and O–H groups in total. The maximum absolute atomic E-state index is 12.5. The van der Waals surface area contributed by atoms with Crippen molar-refractivity contribution in [3.05, 3.63) is 49.6 Å². The van der Waals surface area contributed by atoms with Crippen LogP contribution < -0.4 is 16.1 Å². The highest BCUT2D eigenvalue weighted by atomic mass is 16.5. The molecule has 0 radical (unpaired) electrons. The first-order chi connectivity index (χ1) is 10.0. The number of aryl methyl sites for hydroxylation is 2. The van der Waals surface area contributed by atoms with Crippen molar-refractivity contribution in [1.82, 2.24) is 13.9 Å². The maximum atomic E-state index is 12.5. The van der Waals surface area contributed by atoms with Crippen molar-refractivity contribution in [2.24, 2.45) is 0 Å². The van der Waals surface area contributed by atoms with Gasteiger partial charge in [0, 0.05) is 18.7 Å². The molecule has 0 aromatic carbocycles. The fourth-order valence-corrected chi connectivity index (χ4v) is 2.97. The fourth-order valence-electron chi connectivity index (χ4n) is 2.97. The summed E-state index contributed by atoms with van der Waals surface area (Å²) in [5.74, 6) is 0.101. The van der Waals surface area contributed by atoms with Crippen LogP contribution in [0.4, 0.5) is 0 Å². The topological polar surface area (TPSA) is 75.9 Å². The van der Waals surface area contributed by atoms with E-state index in [-0.39, 0.29) is 5.82 Å². The van der Waals surface area contributed by atoms with Crippen LogP contribution in [0.5, 0.6) is 0 Å². The average Bonchev–Trinajstić information content (AvgIpc) is 2.61. The van der Waals surface area contributed by atoms with Crippen LogP contribution >= 0.6 is 0 Å². The molecule has 2 aromatic heterocycles. The standard InChI is InChI=1S/C14H18N4O3/c1-10-8-11(2)12(17(21)9-10)18-13(19)15-6-4-3-5-7-16(15)14(18)20/h8-9H,3-7H2,1-2H3. The first-order valence-corrected chi connectivity index (χ1v) is 7.14. The Morgan fingerprint density at radius 2 is 1.62 bits per heavy atom. The predicted molar refractivity (Wildman–Crippen MR) is 76.6 cm³/mol. The van der Waals surface area contributed by atoms with Gasteiger partial charge in [-0.15, -0.1) is 0 Å². The molecule has 7 nitrogen and oxygen atoms in total. The minimum Gasteiger partial charge on any atom is -0.711 e. The summed E-state index contributed by atoms with van der Waals surface area (Å²) in [6.45, 7) is 4.57. The number of hydrogen-bond acceptors (Lipinski definition) is 3. The molecule has 3 heterocycles. The third-order valence-electron chi connectivity index (χ3n) is 3.89. The Hall–Kier alpha value is -2.31. The summed E-state index contributed by atoms with van der Waals surface area (Å²) < 4.78 is 4.50. The number of hydrogen-bond donors (Lipinski definition) is 0. The van der Waals surface area contributed by atoms with Gasteiger partial charge in [0.25, 0.3) is 0 Å². The van der Waals surface area contributed by atoms with E-state index < -0.39 is 11.4 Å². The van der Waals surface area contributed by atoms with E-state index in [1.807, 2.05) is 0 Å². The van der Waals surface area contributed by atoms with Gasteiger partial charge in [-0.2, -0.15) is 0 Å². The van der Waals surface area contributed by atoms with Crippen LogP contribution in [0.25, 0.3) is 5.82 Å². The van der Waals surface area contributed by atoms with Gasteiger partial charge in [-0.1, -0.05) is 4.57 Å². The third kappa shape index (κ3) is 2.09. The summed E-state index contributed by atoms with van der Waals surface area (Å²) in [6.07, 6.45) is 4.11. The van der Waals surface area contributed by atoms with E-state index in [9.17, 15) is 14.8 Å². The third-order valence-corrected chi connectivity index (χ3v) is 3.89. The first-order valence-electron chi connectivity index (χ1n) is 7.14. The molecule has 0 saturated carbocycles. The fraction of sp³-hybridized carbons (Fsp3) is 0.500. The van der Waals surface area contributed by atoms with E-state index in [1.165, 1.54) is 15.6 Å². The molecule has 0 fully saturated rings. The van der Waals surface area contributed by atoms with Crippen molar-refractivity contribution < 1.29 is 4.73 Å². The lowest BCUT2D eigenvalue weighted by atomic mass is 10.2. The molecule has 0 saturated heterocycles. The highest BCUT2D eigenvalue weighted by Crippen LogP contribution is 2.09. The van der Waals surface area contributed by atoms with E-state index in [1.54, 1.807) is 19.9 Å². The van der Waals surface area contributed by atoms with Gasteiger partial charge in [-0.25, -0.2) is 23.7 Å². The average molecular weight is 290 g/mol. The second kappa shape index (κ2) is 4.91. The number of aromatic nitrogens is 4. The maximum Gasteiger partial charge on any atom is 0.439 e. The van der Waals surface area contributed by atoms with Crippen molar-refractivity contribution in [1.29, 1.82) is 0 Å². The van der Waals surface area contributed by atoms with E-state index in [0.717, 1.165) is 29.4 Å². The molecular formula is C14H18N4O3. The Labute approximate surface area is 121 Å². The lowest BCUT2D eigenvalue weighted by Gasteiger charge is -2.09. The van der Waals surface area contributed by atoms with Crippen LogP contribution in [0.2, 0.25) is 0 Å². The van der Waals surface area contributed by atoms with Gasteiger partial charge in [0.1, 0.15) is 0 Å². The second-order valence-electron chi connectivity index (χ2n) is 5.56. The monoisotopic (exact) mass is 290 g/mol. The van der Waals surface area contributed by atoms with E-state index in [2.05, 4.69) is 0 Å². The molecular weight excluding hydrogens is 272 g/mol. The minimum atomic E-state index is -0.432. The summed E-state index contributed by atoms with van der Waals surface area (Å²) in [6, 6.07) is 1.79. The molecule has 21 heavy (non-hydrogen) atoms. The van der Waals surface area contributed by atoms with Gasteiger partial charge in [0.2, 0.25) is 0 Å². The zero-order valence-electron chi connectivity index (χ0n) is 12.2. The van der Waals surface area contributed by atoms with Crippen LogP contribution in [0.15, 0.2) is 21.9 Å². The summed E-state index contributed by atoms with van der Waals surface area (Å²) >= 11 is 0. The molecule has 1 aliphatic heterocycles. The number of rotatable bonds is 1. The molecule has 2 aromatic rings. The van der Waals surface area contributed by atoms with Gasteiger partial charge >= 0.3 is 17.2 Å². The van der Waals surface area contributed by atoms with Crippen LogP contribution in [0, 0.1) is 19.1 Å². The zero-order valence-corrected chi connectivity index (χ0v) is 12.2. The van der Waals surface area contributed by atoms with Crippen molar-refractivity contribution >= 4 is 0 Å². The van der Waals surface area contributed by atoms with Crippen LogP contribution in [-0.4, -0.2) is 13.9 Å². The molecule has 7 heteroatoms. The van der Waals surface area contributed by atoms with Crippen LogP contribution in [-0.2, 0) is 13.1 Å². The zero-order chi connectivity index (χ0) is 15.1. The summed E-state index contributed by atoms with van der Waals surface area (Å²) in [5, 5.41) is 12.1. The smallest absolute Gasteiger partial charge is 0.439 e. The first kappa shape index (κ1) is 13.7. The van der Waals surface area contributed by atoms with Gasteiger partial charge in [-0.05, 0) is 44.7 Å². The SMILES string of the molecule is Cc1cc(C)c(-n2c(=O)n3n(c2=O)CCCCC3)[n+]([O-])c1. The highest BCUT2D eigenvalue weighted by Gasteiger charge is 2.27. The number of fused-ring (bicyclic) bond motifs is 1. The molecule has 112 valence electrons. The van der Waals surface area contributed by atoms with Crippen LogP contribution in [0.3, 0.4) is 0 Å². The molecule has 0 amide bonds. The van der Waals surface area contributed by atoms with Gasteiger partial charge in [0.15, 0.2) is 0 Å². The van der Waals surface area contributed by atoms with E-state index in [4.69, 9.17) is 0 Å². The Morgan fingerprint density at radius 1 is 1.05 bits per heavy atom. The molecule has 0 aliphatic carbocycles. The largest absolute Gasteiger partial charge is 0.711 e. The molecule has 0 unspecified atom stereocenters. The minimum absolute atomic E-state index is 0.101. The lowest BCUT2D eigenvalue weighted by molar-refractivity contribution is -0.600. The predicted octanol–water partition coefficient (Wildman–Crippen LogP) is 0.235. The second-order valence-corrected chi connectivity index (χ2v) is 5.56. The Balaban J connectivity index is 2.31. The lowest BCUT2D eigenvalue weighted by Crippen LogP contribution is -2.41. The van der Waals surface area contributed by atoms with Gasteiger partial charge in [-0.3, -0.25) is 0 Å². The van der Waals surface area contributed by atoms with Crippen molar-refractivity contribution in [3.63, 3.8) is 0 Å². The molecule has 3 rings (SSSR count). The molecule has 0 atom stereocenters. The summed E-state index contributed by atoms with van der Waals surface area (Å²) in [7, 11) is 0. The van der Waals surface area contributed by atoms with E-state index in [0.29, 0.717) is 23.4 Å². The van der Waals surface area contributed by atoms with Crippen LogP contribution in [0.1, 0.15) is 30.4 Å². The normalized spacial score (nSPS) is 14.8. The van der Waals surface area contributed by atoms with Gasteiger partial charge < -0.3 is 5.21 Å². The Bertz CT molecular complexity index is 752. The van der Waals surface area contributed by atoms with Crippen molar-refractivity contribution in [2.45, 2.75) is 46.2 Å². The Morgan fingerprint density at radius 3 is 2.14 bits per heavy atom. The molecule has 0 bridgehead atoms.